The normalized spacial score (nSPS) is 17.2. The standard InChI is InChI=1S/C14H18BrNO3/c15-11-3-5-12(6-4-11)19-9-13(17)16-10-14(18)7-1-2-8-14/h3-6,18H,1-2,7-10H2,(H,16,17). The van der Waals surface area contributed by atoms with E-state index in [1.54, 1.807) is 12.1 Å². The first-order valence-corrected chi connectivity index (χ1v) is 7.24. The van der Waals surface area contributed by atoms with E-state index in [4.69, 9.17) is 4.74 Å². The Morgan fingerprint density at radius 3 is 2.58 bits per heavy atom. The third-order valence-electron chi connectivity index (χ3n) is 3.33. The molecule has 0 bridgehead atoms. The number of hydrogen-bond donors (Lipinski definition) is 2. The lowest BCUT2D eigenvalue weighted by atomic mass is 10.0. The van der Waals surface area contributed by atoms with Gasteiger partial charge in [-0.25, -0.2) is 0 Å². The summed E-state index contributed by atoms with van der Waals surface area (Å²) in [6, 6.07) is 7.30. The van der Waals surface area contributed by atoms with Crippen LogP contribution in [-0.2, 0) is 4.79 Å². The molecule has 1 aliphatic carbocycles. The summed E-state index contributed by atoms with van der Waals surface area (Å²) < 4.78 is 6.32. The highest BCUT2D eigenvalue weighted by Gasteiger charge is 2.31. The van der Waals surface area contributed by atoms with E-state index in [1.165, 1.54) is 0 Å². The fourth-order valence-electron chi connectivity index (χ4n) is 2.20. The van der Waals surface area contributed by atoms with Gasteiger partial charge in [0, 0.05) is 11.0 Å². The molecule has 0 spiro atoms. The molecule has 0 aliphatic heterocycles. The van der Waals surface area contributed by atoms with Crippen molar-refractivity contribution in [1.29, 1.82) is 0 Å². The second kappa shape index (κ2) is 6.39. The molecule has 1 aromatic carbocycles. The first-order chi connectivity index (χ1) is 9.07. The van der Waals surface area contributed by atoms with Crippen LogP contribution in [0.2, 0.25) is 0 Å². The van der Waals surface area contributed by atoms with E-state index in [0.29, 0.717) is 12.3 Å². The summed E-state index contributed by atoms with van der Waals surface area (Å²) in [5.41, 5.74) is -0.715. The van der Waals surface area contributed by atoms with Crippen LogP contribution in [0.15, 0.2) is 28.7 Å². The lowest BCUT2D eigenvalue weighted by Crippen LogP contribution is -2.42. The Bertz CT molecular complexity index is 427. The van der Waals surface area contributed by atoms with Crippen molar-refractivity contribution >= 4 is 21.8 Å². The molecule has 0 saturated heterocycles. The summed E-state index contributed by atoms with van der Waals surface area (Å²) >= 11 is 3.33. The molecule has 2 N–H and O–H groups in total. The summed E-state index contributed by atoms with van der Waals surface area (Å²) in [5, 5.41) is 12.8. The van der Waals surface area contributed by atoms with Crippen molar-refractivity contribution in [2.24, 2.45) is 0 Å². The zero-order valence-electron chi connectivity index (χ0n) is 10.7. The number of nitrogens with one attached hydrogen (secondary N) is 1. The van der Waals surface area contributed by atoms with Crippen LogP contribution in [0.3, 0.4) is 0 Å². The summed E-state index contributed by atoms with van der Waals surface area (Å²) in [7, 11) is 0. The highest BCUT2D eigenvalue weighted by Crippen LogP contribution is 2.28. The van der Waals surface area contributed by atoms with Crippen LogP contribution in [0.5, 0.6) is 5.75 Å². The zero-order valence-corrected chi connectivity index (χ0v) is 12.3. The van der Waals surface area contributed by atoms with Crippen molar-refractivity contribution < 1.29 is 14.6 Å². The summed E-state index contributed by atoms with van der Waals surface area (Å²) in [6.07, 6.45) is 3.59. The first-order valence-electron chi connectivity index (χ1n) is 6.45. The van der Waals surface area contributed by atoms with Crippen LogP contribution in [0.1, 0.15) is 25.7 Å². The SMILES string of the molecule is O=C(COc1ccc(Br)cc1)NCC1(O)CCCC1. The Morgan fingerprint density at radius 2 is 1.95 bits per heavy atom. The molecule has 1 saturated carbocycles. The van der Waals surface area contributed by atoms with Gasteiger partial charge in [0.05, 0.1) is 5.60 Å². The number of ether oxygens (including phenoxy) is 1. The van der Waals surface area contributed by atoms with Crippen molar-refractivity contribution in [2.45, 2.75) is 31.3 Å². The van der Waals surface area contributed by atoms with Gasteiger partial charge in [0.25, 0.3) is 5.91 Å². The largest absolute Gasteiger partial charge is 0.484 e. The van der Waals surface area contributed by atoms with Gasteiger partial charge in [-0.15, -0.1) is 0 Å². The number of carbonyl (C=O) groups excluding carboxylic acids is 1. The maximum Gasteiger partial charge on any atom is 0.258 e. The smallest absolute Gasteiger partial charge is 0.258 e. The van der Waals surface area contributed by atoms with Crippen molar-refractivity contribution in [3.8, 4) is 5.75 Å². The summed E-state index contributed by atoms with van der Waals surface area (Å²) in [5.74, 6) is 0.446. The monoisotopic (exact) mass is 327 g/mol. The van der Waals surface area contributed by atoms with Gasteiger partial charge < -0.3 is 15.2 Å². The molecule has 4 nitrogen and oxygen atoms in total. The lowest BCUT2D eigenvalue weighted by molar-refractivity contribution is -0.124. The molecule has 0 unspecified atom stereocenters. The van der Waals surface area contributed by atoms with Gasteiger partial charge in [0.15, 0.2) is 6.61 Å². The van der Waals surface area contributed by atoms with E-state index >= 15 is 0 Å². The van der Waals surface area contributed by atoms with Gasteiger partial charge in [-0.3, -0.25) is 4.79 Å². The molecule has 0 atom stereocenters. The van der Waals surface area contributed by atoms with Crippen LogP contribution in [0.25, 0.3) is 0 Å². The number of carbonyl (C=O) groups is 1. The topological polar surface area (TPSA) is 58.6 Å². The predicted molar refractivity (Wildman–Crippen MR) is 76.1 cm³/mol. The van der Waals surface area contributed by atoms with Gasteiger partial charge >= 0.3 is 0 Å². The molecule has 0 radical (unpaired) electrons. The van der Waals surface area contributed by atoms with Gasteiger partial charge in [0.2, 0.25) is 0 Å². The molecule has 1 fully saturated rings. The number of halogens is 1. The van der Waals surface area contributed by atoms with E-state index in [2.05, 4.69) is 21.2 Å². The van der Waals surface area contributed by atoms with Crippen LogP contribution >= 0.6 is 15.9 Å². The Labute approximate surface area is 121 Å². The van der Waals surface area contributed by atoms with E-state index < -0.39 is 5.60 Å². The van der Waals surface area contributed by atoms with E-state index in [9.17, 15) is 9.90 Å². The molecule has 0 aromatic heterocycles. The number of hydrogen-bond acceptors (Lipinski definition) is 3. The Kier molecular flexibility index (Phi) is 4.82. The van der Waals surface area contributed by atoms with Gasteiger partial charge in [-0.05, 0) is 37.1 Å². The van der Waals surface area contributed by atoms with Crippen LogP contribution in [0.4, 0.5) is 0 Å². The molecule has 19 heavy (non-hydrogen) atoms. The highest BCUT2D eigenvalue weighted by atomic mass is 79.9. The first kappa shape index (κ1) is 14.3. The van der Waals surface area contributed by atoms with Crippen LogP contribution in [-0.4, -0.2) is 29.8 Å². The minimum absolute atomic E-state index is 0.0300. The van der Waals surface area contributed by atoms with Crippen molar-refractivity contribution in [1.82, 2.24) is 5.32 Å². The molecule has 1 aromatic rings. The molecule has 5 heteroatoms. The summed E-state index contributed by atoms with van der Waals surface area (Å²) in [4.78, 5) is 11.6. The maximum atomic E-state index is 11.6. The van der Waals surface area contributed by atoms with E-state index in [-0.39, 0.29) is 12.5 Å². The summed E-state index contributed by atoms with van der Waals surface area (Å²) in [6.45, 7) is 0.285. The Hall–Kier alpha value is -1.07. The fraction of sp³-hybridized carbons (Fsp3) is 0.500. The van der Waals surface area contributed by atoms with Crippen molar-refractivity contribution in [3.05, 3.63) is 28.7 Å². The third-order valence-corrected chi connectivity index (χ3v) is 3.86. The highest BCUT2D eigenvalue weighted by molar-refractivity contribution is 9.10. The van der Waals surface area contributed by atoms with Gasteiger partial charge in [0.1, 0.15) is 5.75 Å². The molecular formula is C14H18BrNO3. The van der Waals surface area contributed by atoms with Gasteiger partial charge in [-0.1, -0.05) is 28.8 Å². The number of aliphatic hydroxyl groups is 1. The Balaban J connectivity index is 1.71. The minimum Gasteiger partial charge on any atom is -0.484 e. The predicted octanol–water partition coefficient (Wildman–Crippen LogP) is 2.25. The second-order valence-corrected chi connectivity index (χ2v) is 5.87. The molecular weight excluding hydrogens is 310 g/mol. The average molecular weight is 328 g/mol. The zero-order chi connectivity index (χ0) is 13.7. The number of rotatable bonds is 5. The van der Waals surface area contributed by atoms with Crippen molar-refractivity contribution in [3.63, 3.8) is 0 Å². The molecule has 0 heterocycles. The second-order valence-electron chi connectivity index (χ2n) is 4.95. The quantitative estimate of drug-likeness (QED) is 0.872. The molecule has 104 valence electrons. The van der Waals surface area contributed by atoms with E-state index in [0.717, 1.165) is 30.2 Å². The lowest BCUT2D eigenvalue weighted by Gasteiger charge is -2.22. The average Bonchev–Trinajstić information content (AvgIpc) is 2.83. The van der Waals surface area contributed by atoms with E-state index in [1.807, 2.05) is 12.1 Å². The van der Waals surface area contributed by atoms with Crippen LogP contribution in [0, 0.1) is 0 Å². The van der Waals surface area contributed by atoms with Crippen molar-refractivity contribution in [2.75, 3.05) is 13.2 Å². The minimum atomic E-state index is -0.715. The van der Waals surface area contributed by atoms with Gasteiger partial charge in [-0.2, -0.15) is 0 Å². The third kappa shape index (κ3) is 4.51. The molecule has 1 aliphatic rings. The van der Waals surface area contributed by atoms with Crippen LogP contribution < -0.4 is 10.1 Å². The fourth-order valence-corrected chi connectivity index (χ4v) is 2.47. The number of amides is 1. The Morgan fingerprint density at radius 1 is 1.32 bits per heavy atom. The molecule has 2 rings (SSSR count). The number of benzene rings is 1. The molecule has 1 amide bonds. The maximum absolute atomic E-state index is 11.6.